The van der Waals surface area contributed by atoms with Gasteiger partial charge in [-0.3, -0.25) is 9.78 Å². The lowest BCUT2D eigenvalue weighted by Crippen LogP contribution is -2.28. The summed E-state index contributed by atoms with van der Waals surface area (Å²) in [5.41, 5.74) is 3.90. The molecule has 5 heteroatoms. The molecule has 4 rings (SSSR count). The van der Waals surface area contributed by atoms with Gasteiger partial charge in [0, 0.05) is 29.6 Å². The molecule has 2 N–H and O–H groups in total. The number of hydrogen-bond donors (Lipinski definition) is 2. The monoisotopic (exact) mass is 292 g/mol. The largest absolute Gasteiger partial charge is 0.348 e. The number of benzene rings is 1. The van der Waals surface area contributed by atoms with Gasteiger partial charge in [-0.05, 0) is 37.1 Å². The van der Waals surface area contributed by atoms with Crippen molar-refractivity contribution in [3.05, 3.63) is 54.2 Å². The molecule has 1 aliphatic carbocycles. The number of aromatic amines is 1. The van der Waals surface area contributed by atoms with E-state index in [1.807, 2.05) is 30.3 Å². The molecule has 2 aromatic heterocycles. The highest BCUT2D eigenvalue weighted by atomic mass is 16.1. The van der Waals surface area contributed by atoms with Crippen molar-refractivity contribution in [1.82, 2.24) is 15.0 Å². The number of pyridine rings is 1. The number of aryl methyl sites for hydroxylation is 1. The third kappa shape index (κ3) is 2.24. The summed E-state index contributed by atoms with van der Waals surface area (Å²) in [5.74, 6) is 0.0523. The van der Waals surface area contributed by atoms with Crippen molar-refractivity contribution in [3.8, 4) is 0 Å². The SMILES string of the molecule is O=C(Nc1cccc2ncccc12)C1CCc2nc[nH]c2C1. The highest BCUT2D eigenvalue weighted by molar-refractivity contribution is 6.01. The number of rotatable bonds is 2. The average molecular weight is 292 g/mol. The highest BCUT2D eigenvalue weighted by Crippen LogP contribution is 2.26. The molecular formula is C17H16N4O. The molecule has 1 aliphatic rings. The molecule has 0 fully saturated rings. The summed E-state index contributed by atoms with van der Waals surface area (Å²) in [7, 11) is 0. The van der Waals surface area contributed by atoms with Gasteiger partial charge in [0.15, 0.2) is 0 Å². The quantitative estimate of drug-likeness (QED) is 0.763. The summed E-state index contributed by atoms with van der Waals surface area (Å²) in [6.07, 6.45) is 5.89. The zero-order valence-corrected chi connectivity index (χ0v) is 12.0. The van der Waals surface area contributed by atoms with Crippen molar-refractivity contribution >= 4 is 22.5 Å². The van der Waals surface area contributed by atoms with Crippen molar-refractivity contribution in [3.63, 3.8) is 0 Å². The lowest BCUT2D eigenvalue weighted by atomic mass is 9.89. The second-order valence-electron chi connectivity index (χ2n) is 5.63. The van der Waals surface area contributed by atoms with E-state index in [0.29, 0.717) is 0 Å². The predicted molar refractivity (Wildman–Crippen MR) is 84.5 cm³/mol. The van der Waals surface area contributed by atoms with Gasteiger partial charge in [0.1, 0.15) is 0 Å². The lowest BCUT2D eigenvalue weighted by molar-refractivity contribution is -0.120. The molecule has 2 heterocycles. The molecule has 0 bridgehead atoms. The lowest BCUT2D eigenvalue weighted by Gasteiger charge is -2.21. The maximum Gasteiger partial charge on any atom is 0.227 e. The number of fused-ring (bicyclic) bond motifs is 2. The van der Waals surface area contributed by atoms with E-state index in [2.05, 4.69) is 20.3 Å². The standard InChI is InChI=1S/C17H16N4O/c22-17(11-6-7-15-16(9-11)20-10-19-15)21-14-5-1-4-13-12(14)3-2-8-18-13/h1-5,8,10-11H,6-7,9H2,(H,19,20)(H,21,22). The molecule has 0 radical (unpaired) electrons. The van der Waals surface area contributed by atoms with Crippen LogP contribution in [0, 0.1) is 5.92 Å². The van der Waals surface area contributed by atoms with E-state index in [9.17, 15) is 4.79 Å². The first-order valence-electron chi connectivity index (χ1n) is 7.47. The summed E-state index contributed by atoms with van der Waals surface area (Å²) >= 11 is 0. The smallest absolute Gasteiger partial charge is 0.227 e. The predicted octanol–water partition coefficient (Wildman–Crippen LogP) is 2.70. The Morgan fingerprint density at radius 2 is 2.18 bits per heavy atom. The Balaban J connectivity index is 1.57. The van der Waals surface area contributed by atoms with E-state index in [0.717, 1.165) is 47.2 Å². The zero-order valence-electron chi connectivity index (χ0n) is 12.0. The van der Waals surface area contributed by atoms with E-state index >= 15 is 0 Å². The van der Waals surface area contributed by atoms with Crippen LogP contribution in [0.15, 0.2) is 42.9 Å². The Bertz CT molecular complexity index is 834. The van der Waals surface area contributed by atoms with E-state index in [-0.39, 0.29) is 11.8 Å². The third-order valence-corrected chi connectivity index (χ3v) is 4.26. The maximum atomic E-state index is 12.6. The van der Waals surface area contributed by atoms with Gasteiger partial charge in [0.05, 0.1) is 23.2 Å². The Hall–Kier alpha value is -2.69. The van der Waals surface area contributed by atoms with Gasteiger partial charge in [-0.25, -0.2) is 4.98 Å². The van der Waals surface area contributed by atoms with Gasteiger partial charge in [-0.15, -0.1) is 0 Å². The summed E-state index contributed by atoms with van der Waals surface area (Å²) in [6, 6.07) is 9.65. The molecular weight excluding hydrogens is 276 g/mol. The fourth-order valence-electron chi connectivity index (χ4n) is 3.07. The summed E-state index contributed by atoms with van der Waals surface area (Å²) in [6.45, 7) is 0. The summed E-state index contributed by atoms with van der Waals surface area (Å²) in [4.78, 5) is 24.3. The normalized spacial score (nSPS) is 17.2. The van der Waals surface area contributed by atoms with Gasteiger partial charge in [-0.1, -0.05) is 6.07 Å². The topological polar surface area (TPSA) is 70.7 Å². The molecule has 0 spiro atoms. The minimum Gasteiger partial charge on any atom is -0.348 e. The van der Waals surface area contributed by atoms with Gasteiger partial charge in [-0.2, -0.15) is 0 Å². The highest BCUT2D eigenvalue weighted by Gasteiger charge is 2.26. The van der Waals surface area contributed by atoms with Gasteiger partial charge in [0.25, 0.3) is 0 Å². The van der Waals surface area contributed by atoms with Crippen molar-refractivity contribution in [1.29, 1.82) is 0 Å². The van der Waals surface area contributed by atoms with Crippen molar-refractivity contribution in [2.24, 2.45) is 5.92 Å². The van der Waals surface area contributed by atoms with Crippen LogP contribution in [0.25, 0.3) is 10.9 Å². The number of imidazole rings is 1. The van der Waals surface area contributed by atoms with Crippen molar-refractivity contribution in [2.45, 2.75) is 19.3 Å². The fraction of sp³-hybridized carbons (Fsp3) is 0.235. The maximum absolute atomic E-state index is 12.6. The molecule has 1 atom stereocenters. The number of carbonyl (C=O) groups excluding carboxylic acids is 1. The minimum atomic E-state index is -0.0140. The molecule has 5 nitrogen and oxygen atoms in total. The van der Waals surface area contributed by atoms with Crippen LogP contribution in [-0.4, -0.2) is 20.9 Å². The molecule has 110 valence electrons. The van der Waals surface area contributed by atoms with Crippen LogP contribution in [0.4, 0.5) is 5.69 Å². The fourth-order valence-corrected chi connectivity index (χ4v) is 3.07. The van der Waals surface area contributed by atoms with E-state index < -0.39 is 0 Å². The van der Waals surface area contributed by atoms with Crippen LogP contribution in [0.3, 0.4) is 0 Å². The molecule has 3 aromatic rings. The van der Waals surface area contributed by atoms with Gasteiger partial charge < -0.3 is 10.3 Å². The van der Waals surface area contributed by atoms with E-state index in [1.165, 1.54) is 0 Å². The number of amides is 1. The molecule has 0 aliphatic heterocycles. The Kier molecular flexibility index (Phi) is 3.11. The van der Waals surface area contributed by atoms with Crippen LogP contribution in [0.2, 0.25) is 0 Å². The van der Waals surface area contributed by atoms with Crippen LogP contribution >= 0.6 is 0 Å². The average Bonchev–Trinajstić information content (AvgIpc) is 3.02. The number of hydrogen-bond acceptors (Lipinski definition) is 3. The number of anilines is 1. The number of carbonyl (C=O) groups is 1. The zero-order chi connectivity index (χ0) is 14.9. The minimum absolute atomic E-state index is 0.0140. The molecule has 22 heavy (non-hydrogen) atoms. The Morgan fingerprint density at radius 3 is 3.14 bits per heavy atom. The van der Waals surface area contributed by atoms with Crippen LogP contribution in [0.1, 0.15) is 17.8 Å². The molecule has 1 unspecified atom stereocenters. The summed E-state index contributed by atoms with van der Waals surface area (Å²) < 4.78 is 0. The van der Waals surface area contributed by atoms with Crippen LogP contribution < -0.4 is 5.32 Å². The first-order chi connectivity index (χ1) is 10.8. The first kappa shape index (κ1) is 13.0. The van der Waals surface area contributed by atoms with E-state index in [1.54, 1.807) is 12.5 Å². The van der Waals surface area contributed by atoms with E-state index in [4.69, 9.17) is 0 Å². The van der Waals surface area contributed by atoms with Gasteiger partial charge in [0.2, 0.25) is 5.91 Å². The van der Waals surface area contributed by atoms with Crippen molar-refractivity contribution in [2.75, 3.05) is 5.32 Å². The number of nitrogens with one attached hydrogen (secondary N) is 2. The molecule has 0 saturated carbocycles. The Labute approximate surface area is 127 Å². The third-order valence-electron chi connectivity index (χ3n) is 4.26. The second-order valence-corrected chi connectivity index (χ2v) is 5.63. The molecule has 1 aromatic carbocycles. The Morgan fingerprint density at radius 1 is 1.23 bits per heavy atom. The second kappa shape index (κ2) is 5.26. The van der Waals surface area contributed by atoms with Crippen LogP contribution in [-0.2, 0) is 17.6 Å². The number of nitrogens with zero attached hydrogens (tertiary/aromatic N) is 2. The number of aromatic nitrogens is 3. The number of H-pyrrole nitrogens is 1. The molecule has 1 amide bonds. The van der Waals surface area contributed by atoms with Crippen LogP contribution in [0.5, 0.6) is 0 Å². The van der Waals surface area contributed by atoms with Crippen molar-refractivity contribution < 1.29 is 4.79 Å². The molecule has 0 saturated heterocycles. The summed E-state index contributed by atoms with van der Waals surface area (Å²) in [5, 5.41) is 4.03. The first-order valence-corrected chi connectivity index (χ1v) is 7.47. The van der Waals surface area contributed by atoms with Gasteiger partial charge >= 0.3 is 0 Å².